The Bertz CT molecular complexity index is 1180. The van der Waals surface area contributed by atoms with Gasteiger partial charge in [-0.25, -0.2) is 0 Å². The maximum atomic E-state index is 6.35. The zero-order chi connectivity index (χ0) is 18.0. The molecule has 2 aliphatic rings. The second-order valence-electron chi connectivity index (χ2n) is 7.78. The third-order valence-corrected chi connectivity index (χ3v) is 6.59. The number of hydrogen-bond donors (Lipinski definition) is 0. The van der Waals surface area contributed by atoms with E-state index in [0.29, 0.717) is 17.0 Å². The average molecular weight is 374 g/mol. The minimum absolute atomic E-state index is 0.526. The van der Waals surface area contributed by atoms with Crippen LogP contribution in [0.15, 0.2) is 65.1 Å². The molecule has 3 heteroatoms. The van der Waals surface area contributed by atoms with Crippen LogP contribution in [0.3, 0.4) is 0 Å². The smallest absolute Gasteiger partial charge is 0.159 e. The summed E-state index contributed by atoms with van der Waals surface area (Å²) < 4.78 is 6.35. The lowest BCUT2D eigenvalue weighted by Crippen LogP contribution is -2.32. The van der Waals surface area contributed by atoms with Crippen molar-refractivity contribution in [2.45, 2.75) is 37.6 Å². The number of nitrogens with zero attached hydrogens (tertiary/aromatic N) is 1. The van der Waals surface area contributed by atoms with E-state index >= 15 is 0 Å². The SMILES string of the molecule is Clc1ccc2c(c1)oc1c(N3c4ccccc4C4CCCCC43)cccc12. The highest BCUT2D eigenvalue weighted by atomic mass is 35.5. The van der Waals surface area contributed by atoms with Gasteiger partial charge in [-0.05, 0) is 42.7 Å². The first-order chi connectivity index (χ1) is 13.3. The lowest BCUT2D eigenvalue weighted by Gasteiger charge is -2.33. The van der Waals surface area contributed by atoms with Crippen LogP contribution in [0.1, 0.15) is 37.2 Å². The average Bonchev–Trinajstić information content (AvgIpc) is 3.23. The molecule has 6 rings (SSSR count). The minimum atomic E-state index is 0.526. The molecule has 2 unspecified atom stereocenters. The van der Waals surface area contributed by atoms with Gasteiger partial charge in [-0.1, -0.05) is 54.8 Å². The van der Waals surface area contributed by atoms with Crippen LogP contribution >= 0.6 is 11.6 Å². The monoisotopic (exact) mass is 373 g/mol. The van der Waals surface area contributed by atoms with Crippen molar-refractivity contribution < 1.29 is 4.42 Å². The van der Waals surface area contributed by atoms with Gasteiger partial charge in [0.05, 0.1) is 5.69 Å². The van der Waals surface area contributed by atoms with E-state index in [1.165, 1.54) is 42.6 Å². The Balaban J connectivity index is 1.62. The molecular weight excluding hydrogens is 354 g/mol. The number of fused-ring (bicyclic) bond motifs is 6. The van der Waals surface area contributed by atoms with Crippen molar-refractivity contribution in [3.05, 3.63) is 71.2 Å². The predicted octanol–water partition coefficient (Wildman–Crippen LogP) is 7.42. The van der Waals surface area contributed by atoms with Crippen molar-refractivity contribution in [1.82, 2.24) is 0 Å². The van der Waals surface area contributed by atoms with Crippen LogP contribution in [0, 0.1) is 0 Å². The quantitative estimate of drug-likeness (QED) is 0.345. The molecule has 0 spiro atoms. The van der Waals surface area contributed by atoms with E-state index in [-0.39, 0.29) is 0 Å². The van der Waals surface area contributed by atoms with Crippen LogP contribution in [-0.4, -0.2) is 6.04 Å². The molecule has 2 atom stereocenters. The summed E-state index contributed by atoms with van der Waals surface area (Å²) in [6, 6.07) is 21.9. The zero-order valence-electron chi connectivity index (χ0n) is 15.0. The van der Waals surface area contributed by atoms with Gasteiger partial charge in [-0.3, -0.25) is 0 Å². The van der Waals surface area contributed by atoms with E-state index < -0.39 is 0 Å². The molecule has 2 heterocycles. The predicted molar refractivity (Wildman–Crippen MR) is 112 cm³/mol. The van der Waals surface area contributed by atoms with Crippen LogP contribution in [0.5, 0.6) is 0 Å². The van der Waals surface area contributed by atoms with Crippen molar-refractivity contribution in [2.24, 2.45) is 0 Å². The number of furan rings is 1. The summed E-state index contributed by atoms with van der Waals surface area (Å²) in [5.41, 5.74) is 5.86. The number of hydrogen-bond acceptors (Lipinski definition) is 2. The first-order valence-corrected chi connectivity index (χ1v) is 10.2. The first kappa shape index (κ1) is 15.6. The highest BCUT2D eigenvalue weighted by Gasteiger charge is 2.41. The molecule has 0 bridgehead atoms. The molecule has 0 amide bonds. The Morgan fingerprint density at radius 3 is 2.67 bits per heavy atom. The second-order valence-corrected chi connectivity index (χ2v) is 8.22. The fourth-order valence-electron chi connectivity index (χ4n) is 5.24. The molecule has 1 aliphatic carbocycles. The molecule has 1 aromatic heterocycles. The van der Waals surface area contributed by atoms with Gasteiger partial charge >= 0.3 is 0 Å². The summed E-state index contributed by atoms with van der Waals surface area (Å²) in [5, 5.41) is 3.00. The Kier molecular flexibility index (Phi) is 3.33. The van der Waals surface area contributed by atoms with Gasteiger partial charge in [-0.15, -0.1) is 0 Å². The largest absolute Gasteiger partial charge is 0.454 e. The molecule has 0 radical (unpaired) electrons. The molecule has 1 aliphatic heterocycles. The number of rotatable bonds is 1. The van der Waals surface area contributed by atoms with Gasteiger partial charge in [0.2, 0.25) is 0 Å². The summed E-state index contributed by atoms with van der Waals surface area (Å²) in [6.45, 7) is 0. The second kappa shape index (κ2) is 5.77. The van der Waals surface area contributed by atoms with E-state index in [2.05, 4.69) is 53.4 Å². The Hall–Kier alpha value is -2.45. The number of para-hydroxylation sites is 2. The molecule has 0 saturated heterocycles. The third kappa shape index (κ3) is 2.20. The van der Waals surface area contributed by atoms with E-state index in [1.807, 2.05) is 12.1 Å². The van der Waals surface area contributed by atoms with Gasteiger partial charge in [0.15, 0.2) is 5.58 Å². The van der Waals surface area contributed by atoms with Gasteiger partial charge in [-0.2, -0.15) is 0 Å². The van der Waals surface area contributed by atoms with E-state index in [0.717, 1.165) is 21.9 Å². The van der Waals surface area contributed by atoms with Gasteiger partial charge in [0.25, 0.3) is 0 Å². The van der Waals surface area contributed by atoms with Crippen LogP contribution in [-0.2, 0) is 0 Å². The van der Waals surface area contributed by atoms with Crippen molar-refractivity contribution in [1.29, 1.82) is 0 Å². The Labute approximate surface area is 163 Å². The number of benzene rings is 3. The van der Waals surface area contributed by atoms with E-state index in [9.17, 15) is 0 Å². The maximum Gasteiger partial charge on any atom is 0.159 e. The summed E-state index contributed by atoms with van der Waals surface area (Å²) in [5.74, 6) is 0.629. The van der Waals surface area contributed by atoms with Crippen LogP contribution in [0.2, 0.25) is 5.02 Å². The molecule has 0 N–H and O–H groups in total. The molecule has 4 aromatic rings. The third-order valence-electron chi connectivity index (χ3n) is 6.36. The molecule has 134 valence electrons. The zero-order valence-corrected chi connectivity index (χ0v) is 15.7. The maximum absolute atomic E-state index is 6.35. The standard InChI is InChI=1S/C24H20ClNO/c25-15-12-13-18-19-8-5-11-22(24(19)27-23(18)14-15)26-20-9-3-1-6-16(20)17-7-2-4-10-21(17)26/h1,3,5-6,8-9,11-14,17,21H,2,4,7,10H2. The van der Waals surface area contributed by atoms with Crippen molar-refractivity contribution in [2.75, 3.05) is 4.90 Å². The lowest BCUT2D eigenvalue weighted by atomic mass is 9.82. The van der Waals surface area contributed by atoms with Gasteiger partial charge in [0, 0.05) is 39.5 Å². The first-order valence-electron chi connectivity index (χ1n) is 9.80. The minimum Gasteiger partial charge on any atom is -0.454 e. The van der Waals surface area contributed by atoms with Crippen molar-refractivity contribution >= 4 is 44.9 Å². The highest BCUT2D eigenvalue weighted by molar-refractivity contribution is 6.31. The molecule has 1 fully saturated rings. The summed E-state index contributed by atoms with van der Waals surface area (Å²) in [4.78, 5) is 2.55. The summed E-state index contributed by atoms with van der Waals surface area (Å²) >= 11 is 6.20. The lowest BCUT2D eigenvalue weighted by molar-refractivity contribution is 0.402. The van der Waals surface area contributed by atoms with Gasteiger partial charge < -0.3 is 9.32 Å². The number of halogens is 1. The molecule has 2 nitrogen and oxygen atoms in total. The van der Waals surface area contributed by atoms with Crippen molar-refractivity contribution in [3.8, 4) is 0 Å². The van der Waals surface area contributed by atoms with E-state index in [4.69, 9.17) is 16.0 Å². The summed E-state index contributed by atoms with van der Waals surface area (Å²) in [6.07, 6.45) is 5.15. The molecule has 3 aromatic carbocycles. The fraction of sp³-hybridized carbons (Fsp3) is 0.250. The molecule has 1 saturated carbocycles. The summed E-state index contributed by atoms with van der Waals surface area (Å²) in [7, 11) is 0. The van der Waals surface area contributed by atoms with Crippen LogP contribution in [0.25, 0.3) is 21.9 Å². The number of anilines is 2. The highest BCUT2D eigenvalue weighted by Crippen LogP contribution is 2.52. The Morgan fingerprint density at radius 2 is 1.70 bits per heavy atom. The molecular formula is C24H20ClNO. The Morgan fingerprint density at radius 1 is 0.852 bits per heavy atom. The van der Waals surface area contributed by atoms with E-state index in [1.54, 1.807) is 0 Å². The van der Waals surface area contributed by atoms with Crippen LogP contribution in [0.4, 0.5) is 11.4 Å². The van der Waals surface area contributed by atoms with Crippen molar-refractivity contribution in [3.63, 3.8) is 0 Å². The topological polar surface area (TPSA) is 16.4 Å². The van der Waals surface area contributed by atoms with Crippen LogP contribution < -0.4 is 4.90 Å². The molecule has 27 heavy (non-hydrogen) atoms. The normalized spacial score (nSPS) is 21.6. The van der Waals surface area contributed by atoms with Gasteiger partial charge in [0.1, 0.15) is 5.58 Å². The fourth-order valence-corrected chi connectivity index (χ4v) is 5.40.